The number of thiophene rings is 1. The zero-order chi connectivity index (χ0) is 10.6. The van der Waals surface area contributed by atoms with Gasteiger partial charge in [-0.05, 0) is 31.2 Å². The summed E-state index contributed by atoms with van der Waals surface area (Å²) in [5, 5.41) is 0. The number of carbonyl (C=O) groups excluding carboxylic acids is 1. The summed E-state index contributed by atoms with van der Waals surface area (Å²) < 4.78 is 0. The summed E-state index contributed by atoms with van der Waals surface area (Å²) in [5.74, 6) is 0.638. The van der Waals surface area contributed by atoms with Crippen LogP contribution in [-0.2, 0) is 6.42 Å². The van der Waals surface area contributed by atoms with E-state index in [1.165, 1.54) is 22.6 Å². The quantitative estimate of drug-likeness (QED) is 0.671. The number of aryl methyl sites for hydroxylation is 1. The summed E-state index contributed by atoms with van der Waals surface area (Å²) >= 11 is 1.81. The Labute approximate surface area is 90.2 Å². The second kappa shape index (κ2) is 5.30. The van der Waals surface area contributed by atoms with E-state index in [2.05, 4.69) is 26.8 Å². The lowest BCUT2D eigenvalue weighted by molar-refractivity contribution is 0.112. The van der Waals surface area contributed by atoms with Crippen LogP contribution in [0.15, 0.2) is 6.07 Å². The summed E-state index contributed by atoms with van der Waals surface area (Å²) in [5.41, 5.74) is 0.902. The Morgan fingerprint density at radius 2 is 2.00 bits per heavy atom. The van der Waals surface area contributed by atoms with Crippen LogP contribution in [0.25, 0.3) is 0 Å². The van der Waals surface area contributed by atoms with Gasteiger partial charge in [-0.2, -0.15) is 0 Å². The Morgan fingerprint density at radius 3 is 2.36 bits per heavy atom. The van der Waals surface area contributed by atoms with Crippen molar-refractivity contribution in [3.63, 3.8) is 0 Å². The third-order valence-electron chi connectivity index (χ3n) is 2.70. The van der Waals surface area contributed by atoms with Gasteiger partial charge in [0.1, 0.15) is 0 Å². The molecule has 0 saturated heterocycles. The second-order valence-electron chi connectivity index (χ2n) is 3.51. The monoisotopic (exact) mass is 210 g/mol. The van der Waals surface area contributed by atoms with E-state index < -0.39 is 0 Å². The fourth-order valence-electron chi connectivity index (χ4n) is 1.73. The highest BCUT2D eigenvalue weighted by atomic mass is 32.1. The highest BCUT2D eigenvalue weighted by Crippen LogP contribution is 2.32. The first-order valence-corrected chi connectivity index (χ1v) is 6.16. The van der Waals surface area contributed by atoms with Gasteiger partial charge in [0.25, 0.3) is 0 Å². The van der Waals surface area contributed by atoms with Crippen molar-refractivity contribution in [2.45, 2.75) is 46.0 Å². The van der Waals surface area contributed by atoms with E-state index in [1.54, 1.807) is 0 Å². The van der Waals surface area contributed by atoms with Gasteiger partial charge in [-0.25, -0.2) is 0 Å². The average molecular weight is 210 g/mol. The van der Waals surface area contributed by atoms with E-state index in [0.29, 0.717) is 5.92 Å². The molecule has 0 aliphatic carbocycles. The minimum absolute atomic E-state index is 0.638. The molecule has 1 rings (SSSR count). The van der Waals surface area contributed by atoms with Crippen molar-refractivity contribution in [1.82, 2.24) is 0 Å². The summed E-state index contributed by atoms with van der Waals surface area (Å²) in [6.07, 6.45) is 4.29. The Kier molecular flexibility index (Phi) is 4.33. The zero-order valence-corrected chi connectivity index (χ0v) is 9.99. The lowest BCUT2D eigenvalue weighted by atomic mass is 10.0. The maximum absolute atomic E-state index is 10.8. The fraction of sp³-hybridized carbons (Fsp3) is 0.583. The molecule has 2 heteroatoms. The van der Waals surface area contributed by atoms with Gasteiger partial charge in [-0.3, -0.25) is 4.79 Å². The van der Waals surface area contributed by atoms with Gasteiger partial charge in [0.2, 0.25) is 0 Å². The van der Waals surface area contributed by atoms with Crippen molar-refractivity contribution >= 4 is 17.6 Å². The molecule has 0 aliphatic heterocycles. The minimum Gasteiger partial charge on any atom is -0.298 e. The largest absolute Gasteiger partial charge is 0.298 e. The molecule has 0 bridgehead atoms. The van der Waals surface area contributed by atoms with E-state index in [-0.39, 0.29) is 0 Å². The van der Waals surface area contributed by atoms with Crippen LogP contribution in [0, 0.1) is 0 Å². The summed E-state index contributed by atoms with van der Waals surface area (Å²) in [6.45, 7) is 6.52. The van der Waals surface area contributed by atoms with Crippen molar-refractivity contribution in [3.05, 3.63) is 21.4 Å². The van der Waals surface area contributed by atoms with Crippen molar-refractivity contribution in [1.29, 1.82) is 0 Å². The van der Waals surface area contributed by atoms with Gasteiger partial charge in [0.15, 0.2) is 6.29 Å². The molecule has 0 atom stereocenters. The van der Waals surface area contributed by atoms with Crippen LogP contribution in [0.4, 0.5) is 0 Å². The molecule has 1 aromatic heterocycles. The van der Waals surface area contributed by atoms with E-state index in [9.17, 15) is 4.79 Å². The van der Waals surface area contributed by atoms with Crippen molar-refractivity contribution in [2.75, 3.05) is 0 Å². The summed E-state index contributed by atoms with van der Waals surface area (Å²) in [7, 11) is 0. The number of aldehydes is 1. The SMILES string of the molecule is CCc1sc(C(CC)CC)cc1C=O. The Morgan fingerprint density at radius 1 is 1.36 bits per heavy atom. The molecule has 0 N–H and O–H groups in total. The molecule has 1 aromatic rings. The van der Waals surface area contributed by atoms with Crippen LogP contribution in [0.3, 0.4) is 0 Å². The van der Waals surface area contributed by atoms with Gasteiger partial charge in [0, 0.05) is 15.3 Å². The Balaban J connectivity index is 2.98. The molecule has 0 unspecified atom stereocenters. The van der Waals surface area contributed by atoms with Crippen LogP contribution in [0.1, 0.15) is 59.6 Å². The standard InChI is InChI=1S/C12H18OS/c1-4-9(5-2)12-7-10(8-13)11(6-3)14-12/h7-9H,4-6H2,1-3H3. The summed E-state index contributed by atoms with van der Waals surface area (Å²) in [4.78, 5) is 13.4. The predicted molar refractivity (Wildman–Crippen MR) is 62.4 cm³/mol. The zero-order valence-electron chi connectivity index (χ0n) is 9.17. The highest BCUT2D eigenvalue weighted by molar-refractivity contribution is 7.12. The smallest absolute Gasteiger partial charge is 0.151 e. The molecule has 1 nitrogen and oxygen atoms in total. The molecular formula is C12H18OS. The molecule has 1 heterocycles. The fourth-order valence-corrected chi connectivity index (χ4v) is 3.07. The molecule has 0 aliphatic rings. The van der Waals surface area contributed by atoms with Crippen LogP contribution in [-0.4, -0.2) is 6.29 Å². The minimum atomic E-state index is 0.638. The molecular weight excluding hydrogens is 192 g/mol. The van der Waals surface area contributed by atoms with Gasteiger partial charge < -0.3 is 0 Å². The van der Waals surface area contributed by atoms with Crippen molar-refractivity contribution in [3.8, 4) is 0 Å². The van der Waals surface area contributed by atoms with Gasteiger partial charge in [-0.15, -0.1) is 11.3 Å². The molecule has 0 amide bonds. The molecule has 78 valence electrons. The topological polar surface area (TPSA) is 17.1 Å². The number of rotatable bonds is 5. The molecule has 0 aromatic carbocycles. The van der Waals surface area contributed by atoms with E-state index in [0.717, 1.165) is 18.3 Å². The van der Waals surface area contributed by atoms with E-state index in [1.807, 2.05) is 11.3 Å². The molecule has 14 heavy (non-hydrogen) atoms. The molecule has 0 saturated carbocycles. The number of hydrogen-bond donors (Lipinski definition) is 0. The van der Waals surface area contributed by atoms with Crippen molar-refractivity contribution in [2.24, 2.45) is 0 Å². The maximum atomic E-state index is 10.8. The maximum Gasteiger partial charge on any atom is 0.151 e. The Hall–Kier alpha value is -0.630. The third kappa shape index (κ3) is 2.24. The molecule has 0 radical (unpaired) electrons. The van der Waals surface area contributed by atoms with Crippen LogP contribution in [0.2, 0.25) is 0 Å². The van der Waals surface area contributed by atoms with Crippen LogP contribution in [0.5, 0.6) is 0 Å². The van der Waals surface area contributed by atoms with E-state index >= 15 is 0 Å². The third-order valence-corrected chi connectivity index (χ3v) is 4.15. The number of hydrogen-bond acceptors (Lipinski definition) is 2. The van der Waals surface area contributed by atoms with Gasteiger partial charge >= 0.3 is 0 Å². The first kappa shape index (κ1) is 11.4. The van der Waals surface area contributed by atoms with E-state index in [4.69, 9.17) is 0 Å². The Bertz CT molecular complexity index is 297. The average Bonchev–Trinajstić information content (AvgIpc) is 2.63. The van der Waals surface area contributed by atoms with Crippen LogP contribution < -0.4 is 0 Å². The predicted octanol–water partition coefficient (Wildman–Crippen LogP) is 4.03. The van der Waals surface area contributed by atoms with Crippen LogP contribution >= 0.6 is 11.3 Å². The first-order chi connectivity index (χ1) is 6.76. The highest BCUT2D eigenvalue weighted by Gasteiger charge is 2.13. The molecule has 0 fully saturated rings. The van der Waals surface area contributed by atoms with Crippen molar-refractivity contribution < 1.29 is 4.79 Å². The summed E-state index contributed by atoms with van der Waals surface area (Å²) in [6, 6.07) is 2.08. The van der Waals surface area contributed by atoms with Gasteiger partial charge in [-0.1, -0.05) is 20.8 Å². The second-order valence-corrected chi connectivity index (χ2v) is 4.68. The lowest BCUT2D eigenvalue weighted by Crippen LogP contribution is -1.90. The molecule has 0 spiro atoms. The number of carbonyl (C=O) groups is 1. The normalized spacial score (nSPS) is 10.9. The van der Waals surface area contributed by atoms with Gasteiger partial charge in [0.05, 0.1) is 0 Å². The lowest BCUT2D eigenvalue weighted by Gasteiger charge is -2.08. The first-order valence-electron chi connectivity index (χ1n) is 5.34.